The number of likely N-dealkylation sites (N-methyl/N-ethyl adjacent to an activating group) is 2. The molecule has 26 heavy (non-hydrogen) atoms. The molecule has 0 spiro atoms. The maximum atomic E-state index is 12.7. The first kappa shape index (κ1) is 18.9. The molecular formula is C21H31N3O2. The molecule has 0 bridgehead atoms. The Morgan fingerprint density at radius 2 is 1.73 bits per heavy atom. The van der Waals surface area contributed by atoms with E-state index < -0.39 is 0 Å². The highest BCUT2D eigenvalue weighted by atomic mass is 16.2. The van der Waals surface area contributed by atoms with Gasteiger partial charge in [-0.2, -0.15) is 0 Å². The van der Waals surface area contributed by atoms with Gasteiger partial charge in [-0.25, -0.2) is 0 Å². The van der Waals surface area contributed by atoms with Gasteiger partial charge in [-0.1, -0.05) is 19.3 Å². The molecule has 1 saturated heterocycles. The molecule has 1 heterocycles. The molecule has 1 aromatic rings. The van der Waals surface area contributed by atoms with E-state index >= 15 is 0 Å². The van der Waals surface area contributed by atoms with E-state index in [4.69, 9.17) is 0 Å². The number of hydrogen-bond acceptors (Lipinski definition) is 3. The van der Waals surface area contributed by atoms with Gasteiger partial charge in [-0.05, 0) is 50.6 Å². The third-order valence-electron chi connectivity index (χ3n) is 5.83. The third kappa shape index (κ3) is 4.44. The number of amides is 2. The number of nitrogens with zero attached hydrogens (tertiary/aromatic N) is 3. The van der Waals surface area contributed by atoms with E-state index in [1.54, 1.807) is 9.80 Å². The molecule has 5 nitrogen and oxygen atoms in total. The minimum atomic E-state index is 0.0429. The van der Waals surface area contributed by atoms with Crippen molar-refractivity contribution in [2.45, 2.75) is 51.0 Å². The molecule has 0 N–H and O–H groups in total. The van der Waals surface area contributed by atoms with E-state index in [1.807, 2.05) is 31.3 Å². The second-order valence-electron chi connectivity index (χ2n) is 7.69. The van der Waals surface area contributed by atoms with E-state index in [1.165, 1.54) is 32.1 Å². The molecule has 142 valence electrons. The summed E-state index contributed by atoms with van der Waals surface area (Å²) < 4.78 is 0. The number of carbonyl (C=O) groups is 2. The number of benzene rings is 1. The van der Waals surface area contributed by atoms with E-state index in [-0.39, 0.29) is 11.8 Å². The normalized spacial score (nSPS) is 18.6. The summed E-state index contributed by atoms with van der Waals surface area (Å²) >= 11 is 0. The van der Waals surface area contributed by atoms with Crippen molar-refractivity contribution in [1.29, 1.82) is 0 Å². The van der Waals surface area contributed by atoms with Gasteiger partial charge in [0.2, 0.25) is 5.91 Å². The van der Waals surface area contributed by atoms with Gasteiger partial charge in [-0.3, -0.25) is 9.59 Å². The zero-order valence-corrected chi connectivity index (χ0v) is 16.1. The SMILES string of the molecule is CN(CCN(C)C1CCCCC1)C(=O)c1ccc(N2CCCC2=O)cc1. The minimum Gasteiger partial charge on any atom is -0.340 e. The Balaban J connectivity index is 1.52. The van der Waals surface area contributed by atoms with Gasteiger partial charge in [0.25, 0.3) is 5.91 Å². The molecule has 2 amide bonds. The van der Waals surface area contributed by atoms with Crippen molar-refractivity contribution >= 4 is 17.5 Å². The van der Waals surface area contributed by atoms with Gasteiger partial charge < -0.3 is 14.7 Å². The fourth-order valence-corrected chi connectivity index (χ4v) is 4.04. The number of carbonyl (C=O) groups excluding carboxylic acids is 2. The quantitative estimate of drug-likeness (QED) is 0.785. The highest BCUT2D eigenvalue weighted by Gasteiger charge is 2.22. The molecule has 0 radical (unpaired) electrons. The van der Waals surface area contributed by atoms with Crippen LogP contribution in [0.1, 0.15) is 55.3 Å². The van der Waals surface area contributed by atoms with E-state index in [0.717, 1.165) is 31.7 Å². The molecule has 1 saturated carbocycles. The third-order valence-corrected chi connectivity index (χ3v) is 5.83. The Bertz CT molecular complexity index is 623. The smallest absolute Gasteiger partial charge is 0.253 e. The van der Waals surface area contributed by atoms with Crippen molar-refractivity contribution in [2.75, 3.05) is 38.6 Å². The van der Waals surface area contributed by atoms with Crippen LogP contribution in [-0.2, 0) is 4.79 Å². The Morgan fingerprint density at radius 1 is 1.04 bits per heavy atom. The van der Waals surface area contributed by atoms with Crippen LogP contribution in [0.2, 0.25) is 0 Å². The van der Waals surface area contributed by atoms with E-state index in [2.05, 4.69) is 11.9 Å². The Labute approximate surface area is 156 Å². The fourth-order valence-electron chi connectivity index (χ4n) is 4.04. The monoisotopic (exact) mass is 357 g/mol. The molecule has 0 unspecified atom stereocenters. The summed E-state index contributed by atoms with van der Waals surface area (Å²) in [7, 11) is 4.05. The van der Waals surface area contributed by atoms with Gasteiger partial charge in [0.1, 0.15) is 0 Å². The predicted octanol–water partition coefficient (Wildman–Crippen LogP) is 3.15. The molecule has 1 aliphatic heterocycles. The van der Waals surface area contributed by atoms with Gasteiger partial charge in [0, 0.05) is 50.4 Å². The Morgan fingerprint density at radius 3 is 2.35 bits per heavy atom. The van der Waals surface area contributed by atoms with Crippen LogP contribution < -0.4 is 4.90 Å². The van der Waals surface area contributed by atoms with Crippen molar-refractivity contribution in [3.8, 4) is 0 Å². The van der Waals surface area contributed by atoms with Crippen LogP contribution in [0.15, 0.2) is 24.3 Å². The first-order valence-corrected chi connectivity index (χ1v) is 9.92. The molecule has 0 aromatic heterocycles. The van der Waals surface area contributed by atoms with Crippen LogP contribution in [0.5, 0.6) is 0 Å². The van der Waals surface area contributed by atoms with Gasteiger partial charge >= 0.3 is 0 Å². The molecule has 2 aliphatic rings. The number of anilines is 1. The second kappa shape index (κ2) is 8.67. The first-order chi connectivity index (χ1) is 12.6. The standard InChI is InChI=1S/C21H31N3O2/c1-22(18-7-4-3-5-8-18)15-16-23(2)21(26)17-10-12-19(13-11-17)24-14-6-9-20(24)25/h10-13,18H,3-9,14-16H2,1-2H3. The lowest BCUT2D eigenvalue weighted by atomic mass is 9.94. The summed E-state index contributed by atoms with van der Waals surface area (Å²) in [6, 6.07) is 8.12. The largest absolute Gasteiger partial charge is 0.340 e. The molecule has 3 rings (SSSR count). The molecule has 1 aliphatic carbocycles. The second-order valence-corrected chi connectivity index (χ2v) is 7.69. The van der Waals surface area contributed by atoms with Gasteiger partial charge in [-0.15, -0.1) is 0 Å². The highest BCUT2D eigenvalue weighted by molar-refractivity contribution is 5.97. The molecule has 0 atom stereocenters. The van der Waals surface area contributed by atoms with Crippen LogP contribution in [-0.4, -0.2) is 61.4 Å². The molecule has 1 aromatic carbocycles. The van der Waals surface area contributed by atoms with E-state index in [9.17, 15) is 9.59 Å². The predicted molar refractivity (Wildman–Crippen MR) is 104 cm³/mol. The summed E-state index contributed by atoms with van der Waals surface area (Å²) in [6.07, 6.45) is 8.12. The maximum Gasteiger partial charge on any atom is 0.253 e. The van der Waals surface area contributed by atoms with Crippen LogP contribution in [0.25, 0.3) is 0 Å². The summed E-state index contributed by atoms with van der Waals surface area (Å²) in [4.78, 5) is 30.5. The lowest BCUT2D eigenvalue weighted by Gasteiger charge is -2.32. The number of hydrogen-bond donors (Lipinski definition) is 0. The van der Waals surface area contributed by atoms with Crippen molar-refractivity contribution in [3.63, 3.8) is 0 Å². The lowest BCUT2D eigenvalue weighted by Crippen LogP contribution is -2.40. The van der Waals surface area contributed by atoms with Crippen molar-refractivity contribution in [2.24, 2.45) is 0 Å². The van der Waals surface area contributed by atoms with Crippen molar-refractivity contribution in [3.05, 3.63) is 29.8 Å². The average Bonchev–Trinajstić information content (AvgIpc) is 3.12. The fraction of sp³-hybridized carbons (Fsp3) is 0.619. The maximum absolute atomic E-state index is 12.7. The molecular weight excluding hydrogens is 326 g/mol. The van der Waals surface area contributed by atoms with Crippen LogP contribution in [0.3, 0.4) is 0 Å². The topological polar surface area (TPSA) is 43.9 Å². The average molecular weight is 357 g/mol. The zero-order valence-electron chi connectivity index (χ0n) is 16.1. The molecule has 5 heteroatoms. The van der Waals surface area contributed by atoms with Crippen LogP contribution in [0, 0.1) is 0 Å². The summed E-state index contributed by atoms with van der Waals surface area (Å²) in [5, 5.41) is 0. The van der Waals surface area contributed by atoms with Crippen LogP contribution in [0.4, 0.5) is 5.69 Å². The number of rotatable bonds is 6. The zero-order chi connectivity index (χ0) is 18.5. The first-order valence-electron chi connectivity index (χ1n) is 9.92. The lowest BCUT2D eigenvalue weighted by molar-refractivity contribution is -0.117. The Kier molecular flexibility index (Phi) is 6.30. The van der Waals surface area contributed by atoms with Crippen LogP contribution >= 0.6 is 0 Å². The van der Waals surface area contributed by atoms with Crippen molar-refractivity contribution in [1.82, 2.24) is 9.80 Å². The Hall–Kier alpha value is -1.88. The van der Waals surface area contributed by atoms with Crippen molar-refractivity contribution < 1.29 is 9.59 Å². The molecule has 2 fully saturated rings. The highest BCUT2D eigenvalue weighted by Crippen LogP contribution is 2.23. The summed E-state index contributed by atoms with van der Waals surface area (Å²) in [5.41, 5.74) is 1.58. The summed E-state index contributed by atoms with van der Waals surface area (Å²) in [6.45, 7) is 2.42. The van der Waals surface area contributed by atoms with Gasteiger partial charge in [0.15, 0.2) is 0 Å². The van der Waals surface area contributed by atoms with E-state index in [0.29, 0.717) is 18.0 Å². The van der Waals surface area contributed by atoms with Gasteiger partial charge in [0.05, 0.1) is 0 Å². The summed E-state index contributed by atoms with van der Waals surface area (Å²) in [5.74, 6) is 0.216. The minimum absolute atomic E-state index is 0.0429.